The molecule has 6 heteroatoms. The number of nitrogens with zero attached hydrogens (tertiary/aromatic N) is 1. The fraction of sp³-hybridized carbons (Fsp3) is 0.444. The summed E-state index contributed by atoms with van der Waals surface area (Å²) in [5.41, 5.74) is -1.46. The maximum absolute atomic E-state index is 11.4. The second-order valence-corrected chi connectivity index (χ2v) is 3.15. The summed E-state index contributed by atoms with van der Waals surface area (Å²) in [5.74, 6) is -0.754. The molecular weight excluding hydrogens is 202 g/mol. The molecule has 0 saturated carbocycles. The fourth-order valence-corrected chi connectivity index (χ4v) is 1.39. The Bertz CT molecular complexity index is 371. The average Bonchev–Trinajstić information content (AvgIpc) is 2.56. The Morgan fingerprint density at radius 2 is 2.13 bits per heavy atom. The molecule has 0 N–H and O–H groups in total. The van der Waals surface area contributed by atoms with E-state index in [0.717, 1.165) is 0 Å². The van der Waals surface area contributed by atoms with E-state index >= 15 is 0 Å². The maximum atomic E-state index is 11.4. The number of carbonyl (C=O) groups excluding carboxylic acids is 1. The average molecular weight is 213 g/mol. The van der Waals surface area contributed by atoms with Crippen molar-refractivity contribution in [1.29, 1.82) is 0 Å². The lowest BCUT2D eigenvalue weighted by atomic mass is 9.99. The highest BCUT2D eigenvalue weighted by Crippen LogP contribution is 2.33. The predicted molar refractivity (Wildman–Crippen MR) is 50.6 cm³/mol. The third-order valence-electron chi connectivity index (χ3n) is 2.32. The van der Waals surface area contributed by atoms with Gasteiger partial charge in [-0.15, -0.1) is 0 Å². The van der Waals surface area contributed by atoms with Crippen LogP contribution in [0.15, 0.2) is 23.4 Å². The van der Waals surface area contributed by atoms with Gasteiger partial charge in [-0.3, -0.25) is 10.1 Å². The van der Waals surface area contributed by atoms with E-state index in [1.54, 1.807) is 6.92 Å². The molecular formula is C9H11NO5. The number of esters is 1. The Morgan fingerprint density at radius 3 is 2.53 bits per heavy atom. The van der Waals surface area contributed by atoms with Gasteiger partial charge in [-0.2, -0.15) is 0 Å². The van der Waals surface area contributed by atoms with E-state index in [4.69, 9.17) is 4.74 Å². The van der Waals surface area contributed by atoms with Gasteiger partial charge in [-0.1, -0.05) is 0 Å². The first kappa shape index (κ1) is 11.4. The zero-order valence-corrected chi connectivity index (χ0v) is 8.64. The number of nitro groups is 1. The van der Waals surface area contributed by atoms with Crippen molar-refractivity contribution in [2.45, 2.75) is 12.5 Å². The van der Waals surface area contributed by atoms with E-state index in [9.17, 15) is 14.9 Å². The topological polar surface area (TPSA) is 78.7 Å². The molecule has 0 aromatic carbocycles. The van der Waals surface area contributed by atoms with Crippen molar-refractivity contribution in [1.82, 2.24) is 0 Å². The van der Waals surface area contributed by atoms with Gasteiger partial charge in [0, 0.05) is 13.2 Å². The van der Waals surface area contributed by atoms with Crippen LogP contribution in [0.25, 0.3) is 0 Å². The third kappa shape index (κ3) is 1.75. The minimum atomic E-state index is -1.09. The molecule has 0 bridgehead atoms. The zero-order chi connectivity index (χ0) is 11.6. The van der Waals surface area contributed by atoms with Gasteiger partial charge in [0.25, 0.3) is 5.70 Å². The van der Waals surface area contributed by atoms with Gasteiger partial charge in [0.05, 0.1) is 12.0 Å². The van der Waals surface area contributed by atoms with E-state index in [1.807, 2.05) is 0 Å². The summed E-state index contributed by atoms with van der Waals surface area (Å²) in [5, 5.41) is 10.7. The first-order chi connectivity index (χ1) is 6.96. The lowest BCUT2D eigenvalue weighted by molar-refractivity contribution is -0.420. The molecule has 0 aliphatic heterocycles. The number of ether oxygens (including phenoxy) is 2. The number of methoxy groups -OCH3 is 2. The third-order valence-corrected chi connectivity index (χ3v) is 2.32. The lowest BCUT2D eigenvalue weighted by Gasteiger charge is -2.21. The zero-order valence-electron chi connectivity index (χ0n) is 8.64. The maximum Gasteiger partial charge on any atom is 0.344 e. The summed E-state index contributed by atoms with van der Waals surface area (Å²) in [6.45, 7) is 1.56. The van der Waals surface area contributed by atoms with Gasteiger partial charge < -0.3 is 9.47 Å². The highest BCUT2D eigenvalue weighted by molar-refractivity contribution is 5.93. The smallest absolute Gasteiger partial charge is 0.344 e. The van der Waals surface area contributed by atoms with Gasteiger partial charge in [0.15, 0.2) is 0 Å². The van der Waals surface area contributed by atoms with E-state index in [-0.39, 0.29) is 11.3 Å². The van der Waals surface area contributed by atoms with Crippen molar-refractivity contribution >= 4 is 5.97 Å². The van der Waals surface area contributed by atoms with Crippen LogP contribution >= 0.6 is 0 Å². The molecule has 82 valence electrons. The van der Waals surface area contributed by atoms with Crippen LogP contribution in [0.1, 0.15) is 6.92 Å². The van der Waals surface area contributed by atoms with Crippen molar-refractivity contribution in [3.8, 4) is 0 Å². The Balaban J connectivity index is 3.27. The Kier molecular flexibility index (Phi) is 2.90. The molecule has 1 unspecified atom stereocenters. The molecule has 0 amide bonds. The van der Waals surface area contributed by atoms with Crippen molar-refractivity contribution in [3.63, 3.8) is 0 Å². The quantitative estimate of drug-likeness (QED) is 0.391. The first-order valence-corrected chi connectivity index (χ1v) is 4.18. The van der Waals surface area contributed by atoms with E-state index < -0.39 is 16.5 Å². The molecule has 0 fully saturated rings. The van der Waals surface area contributed by atoms with Gasteiger partial charge in [-0.05, 0) is 13.0 Å². The van der Waals surface area contributed by atoms with Crippen LogP contribution in [0, 0.1) is 10.1 Å². The van der Waals surface area contributed by atoms with Crippen molar-refractivity contribution in [3.05, 3.63) is 33.5 Å². The van der Waals surface area contributed by atoms with Crippen LogP contribution in [0.3, 0.4) is 0 Å². The highest BCUT2D eigenvalue weighted by Gasteiger charge is 2.43. The van der Waals surface area contributed by atoms with E-state index in [2.05, 4.69) is 4.74 Å². The number of rotatable bonds is 3. The number of carbonyl (C=O) groups is 1. The van der Waals surface area contributed by atoms with Gasteiger partial charge in [-0.25, -0.2) is 4.79 Å². The molecule has 15 heavy (non-hydrogen) atoms. The van der Waals surface area contributed by atoms with E-state index in [1.165, 1.54) is 26.4 Å². The fourth-order valence-electron chi connectivity index (χ4n) is 1.39. The van der Waals surface area contributed by atoms with Crippen molar-refractivity contribution in [2.24, 2.45) is 0 Å². The second-order valence-electron chi connectivity index (χ2n) is 3.15. The summed E-state index contributed by atoms with van der Waals surface area (Å²) < 4.78 is 9.56. The van der Waals surface area contributed by atoms with Gasteiger partial charge in [0.1, 0.15) is 11.2 Å². The summed E-state index contributed by atoms with van der Waals surface area (Å²) in [6.07, 6.45) is 2.70. The molecule has 1 rings (SSSR count). The largest absolute Gasteiger partial charge is 0.465 e. The van der Waals surface area contributed by atoms with E-state index in [0.29, 0.717) is 0 Å². The summed E-state index contributed by atoms with van der Waals surface area (Å²) in [7, 11) is 2.54. The predicted octanol–water partition coefficient (Wildman–Crippen LogP) is 0.665. The Morgan fingerprint density at radius 1 is 1.53 bits per heavy atom. The molecule has 1 aliphatic carbocycles. The molecule has 0 heterocycles. The number of hydrogen-bond donors (Lipinski definition) is 0. The highest BCUT2D eigenvalue weighted by atomic mass is 16.6. The van der Waals surface area contributed by atoms with Crippen LogP contribution in [-0.4, -0.2) is 30.7 Å². The van der Waals surface area contributed by atoms with Crippen LogP contribution in [-0.2, 0) is 14.3 Å². The molecule has 6 nitrogen and oxygen atoms in total. The standard InChI is InChI=1S/C9H11NO5/c1-9(15-3)5-4-6(10(12)13)7(9)8(11)14-2/h4-5H,1-3H3. The van der Waals surface area contributed by atoms with Crippen LogP contribution in [0.2, 0.25) is 0 Å². The van der Waals surface area contributed by atoms with Gasteiger partial charge in [0.2, 0.25) is 0 Å². The number of allylic oxidation sites excluding steroid dienone is 1. The molecule has 0 saturated heterocycles. The monoisotopic (exact) mass is 213 g/mol. The molecule has 1 atom stereocenters. The molecule has 0 spiro atoms. The minimum absolute atomic E-state index is 0.0856. The summed E-state index contributed by atoms with van der Waals surface area (Å²) in [4.78, 5) is 21.4. The van der Waals surface area contributed by atoms with Crippen LogP contribution < -0.4 is 0 Å². The second kappa shape index (κ2) is 3.82. The summed E-state index contributed by atoms with van der Waals surface area (Å²) in [6, 6.07) is 0. The Labute approximate surface area is 86.3 Å². The molecule has 0 radical (unpaired) electrons. The number of hydrogen-bond acceptors (Lipinski definition) is 5. The minimum Gasteiger partial charge on any atom is -0.465 e. The van der Waals surface area contributed by atoms with Crippen LogP contribution in [0.4, 0.5) is 0 Å². The Hall–Kier alpha value is -1.69. The summed E-state index contributed by atoms with van der Waals surface area (Å²) >= 11 is 0. The SMILES string of the molecule is COC(=O)C1=C([N+](=O)[O-])C=CC1(C)OC. The molecule has 0 aromatic heterocycles. The first-order valence-electron chi connectivity index (χ1n) is 4.18. The lowest BCUT2D eigenvalue weighted by Crippen LogP contribution is -2.31. The molecule has 1 aliphatic rings. The molecule has 0 aromatic rings. The van der Waals surface area contributed by atoms with Crippen molar-refractivity contribution < 1.29 is 19.2 Å². The normalized spacial score (nSPS) is 24.5. The van der Waals surface area contributed by atoms with Crippen LogP contribution in [0.5, 0.6) is 0 Å². The van der Waals surface area contributed by atoms with Gasteiger partial charge >= 0.3 is 5.97 Å². The van der Waals surface area contributed by atoms with Crippen molar-refractivity contribution in [2.75, 3.05) is 14.2 Å².